The van der Waals surface area contributed by atoms with Crippen molar-refractivity contribution in [3.8, 4) is 0 Å². The summed E-state index contributed by atoms with van der Waals surface area (Å²) in [7, 11) is 0. The molecule has 0 bridgehead atoms. The van der Waals surface area contributed by atoms with Crippen LogP contribution in [0.4, 0.5) is 10.1 Å². The van der Waals surface area contributed by atoms with Gasteiger partial charge in [0.1, 0.15) is 11.4 Å². The number of benzene rings is 2. The zero-order valence-corrected chi connectivity index (χ0v) is 15.9. The molecule has 0 atom stereocenters. The summed E-state index contributed by atoms with van der Waals surface area (Å²) >= 11 is 5.96. The van der Waals surface area contributed by atoms with Crippen LogP contribution in [0.2, 0.25) is 5.02 Å². The van der Waals surface area contributed by atoms with Crippen molar-refractivity contribution in [3.05, 3.63) is 81.0 Å². The molecule has 10 heteroatoms. The van der Waals surface area contributed by atoms with E-state index in [1.54, 1.807) is 18.2 Å². The van der Waals surface area contributed by atoms with Gasteiger partial charge in [-0.3, -0.25) is 30.2 Å². The van der Waals surface area contributed by atoms with Gasteiger partial charge in [0.05, 0.1) is 16.8 Å². The number of hydrazine groups is 1. The van der Waals surface area contributed by atoms with Crippen molar-refractivity contribution in [2.45, 2.75) is 0 Å². The van der Waals surface area contributed by atoms with Gasteiger partial charge in [0, 0.05) is 33.7 Å². The predicted octanol–water partition coefficient (Wildman–Crippen LogP) is 2.53. The summed E-state index contributed by atoms with van der Waals surface area (Å²) in [5.74, 6) is -2.23. The molecule has 2 amide bonds. The molecule has 2 heterocycles. The van der Waals surface area contributed by atoms with Crippen molar-refractivity contribution in [2.24, 2.45) is 0 Å². The number of nitrogen functional groups attached to an aromatic ring is 1. The Morgan fingerprint density at radius 1 is 1.03 bits per heavy atom. The molecule has 4 rings (SSSR count). The first kappa shape index (κ1) is 19.3. The summed E-state index contributed by atoms with van der Waals surface area (Å²) in [6.45, 7) is 0. The molecule has 4 aromatic rings. The Balaban J connectivity index is 1.57. The predicted molar refractivity (Wildman–Crippen MR) is 111 cm³/mol. The van der Waals surface area contributed by atoms with Gasteiger partial charge in [-0.25, -0.2) is 4.39 Å². The molecule has 150 valence electrons. The van der Waals surface area contributed by atoms with Crippen molar-refractivity contribution in [2.75, 3.05) is 5.73 Å². The standard InChI is InChI=1S/C20H13ClFN5O3/c21-9-1-3-15-11(5-9)17(23)13(7-24-15)19(29)26-27-20(30)14-8-25-16-4-2-10(22)6-12(16)18(14)28/h1-8H,(H2,23,24)(H,25,28)(H,26,29)(H,27,30). The molecule has 0 aliphatic heterocycles. The lowest BCUT2D eigenvalue weighted by molar-refractivity contribution is 0.0846. The highest BCUT2D eigenvalue weighted by atomic mass is 35.5. The Kier molecular flexibility index (Phi) is 4.80. The van der Waals surface area contributed by atoms with Crippen molar-refractivity contribution in [3.63, 3.8) is 0 Å². The monoisotopic (exact) mass is 425 g/mol. The van der Waals surface area contributed by atoms with Crippen LogP contribution in [0.5, 0.6) is 0 Å². The molecule has 8 nitrogen and oxygen atoms in total. The number of aromatic amines is 1. The first-order chi connectivity index (χ1) is 14.3. The van der Waals surface area contributed by atoms with Crippen LogP contribution in [-0.2, 0) is 0 Å². The number of carbonyl (C=O) groups excluding carboxylic acids is 2. The first-order valence-electron chi connectivity index (χ1n) is 8.60. The van der Waals surface area contributed by atoms with Crippen LogP contribution >= 0.6 is 11.6 Å². The third-order valence-corrected chi connectivity index (χ3v) is 4.73. The number of nitrogens with one attached hydrogen (secondary N) is 3. The Morgan fingerprint density at radius 2 is 1.77 bits per heavy atom. The number of rotatable bonds is 2. The molecule has 0 aliphatic carbocycles. The average Bonchev–Trinajstić information content (AvgIpc) is 2.73. The van der Waals surface area contributed by atoms with Gasteiger partial charge in [-0.2, -0.15) is 0 Å². The summed E-state index contributed by atoms with van der Waals surface area (Å²) in [5, 5.41) is 0.914. The van der Waals surface area contributed by atoms with Crippen molar-refractivity contribution in [1.29, 1.82) is 0 Å². The third-order valence-electron chi connectivity index (χ3n) is 4.49. The van der Waals surface area contributed by atoms with E-state index in [2.05, 4.69) is 20.8 Å². The van der Waals surface area contributed by atoms with Gasteiger partial charge in [0.2, 0.25) is 5.43 Å². The van der Waals surface area contributed by atoms with E-state index in [-0.39, 0.29) is 22.2 Å². The van der Waals surface area contributed by atoms with E-state index in [1.165, 1.54) is 24.5 Å². The Hall–Kier alpha value is -3.98. The highest BCUT2D eigenvalue weighted by molar-refractivity contribution is 6.31. The van der Waals surface area contributed by atoms with Gasteiger partial charge in [0.15, 0.2) is 0 Å². The minimum atomic E-state index is -0.883. The van der Waals surface area contributed by atoms with Crippen LogP contribution in [0.3, 0.4) is 0 Å². The molecule has 30 heavy (non-hydrogen) atoms. The molecule has 2 aromatic carbocycles. The average molecular weight is 426 g/mol. The van der Waals surface area contributed by atoms with E-state index in [9.17, 15) is 18.8 Å². The van der Waals surface area contributed by atoms with Gasteiger partial charge >= 0.3 is 0 Å². The van der Waals surface area contributed by atoms with Gasteiger partial charge in [-0.1, -0.05) is 11.6 Å². The van der Waals surface area contributed by atoms with Crippen LogP contribution in [0.15, 0.2) is 53.6 Å². The number of nitrogens with zero attached hydrogens (tertiary/aromatic N) is 1. The minimum absolute atomic E-state index is 0.00817. The molecule has 0 saturated carbocycles. The van der Waals surface area contributed by atoms with E-state index in [1.807, 2.05) is 0 Å². The number of fused-ring (bicyclic) bond motifs is 2. The molecule has 5 N–H and O–H groups in total. The molecular formula is C20H13ClFN5O3. The number of H-pyrrole nitrogens is 1. The van der Waals surface area contributed by atoms with Crippen LogP contribution in [0.25, 0.3) is 21.8 Å². The van der Waals surface area contributed by atoms with Crippen LogP contribution in [0, 0.1) is 5.82 Å². The highest BCUT2D eigenvalue weighted by Crippen LogP contribution is 2.25. The van der Waals surface area contributed by atoms with Crippen LogP contribution in [0.1, 0.15) is 20.7 Å². The number of halogens is 2. The number of hydrogen-bond acceptors (Lipinski definition) is 5. The summed E-state index contributed by atoms with van der Waals surface area (Å²) in [4.78, 5) is 44.2. The zero-order chi connectivity index (χ0) is 21.4. The zero-order valence-electron chi connectivity index (χ0n) is 15.1. The summed E-state index contributed by atoms with van der Waals surface area (Å²) in [6, 6.07) is 8.47. The number of nitrogens with two attached hydrogens (primary N) is 1. The summed E-state index contributed by atoms with van der Waals surface area (Å²) in [6.07, 6.45) is 2.44. The minimum Gasteiger partial charge on any atom is -0.397 e. The van der Waals surface area contributed by atoms with Gasteiger partial charge < -0.3 is 10.7 Å². The van der Waals surface area contributed by atoms with Gasteiger partial charge in [-0.05, 0) is 36.4 Å². The molecule has 0 saturated heterocycles. The molecule has 0 aliphatic rings. The fraction of sp³-hybridized carbons (Fsp3) is 0. The third kappa shape index (κ3) is 3.42. The Labute approximate surface area is 172 Å². The molecular weight excluding hydrogens is 413 g/mol. The SMILES string of the molecule is Nc1c(C(=O)NNC(=O)c2c[nH]c3ccc(F)cc3c2=O)cnc2ccc(Cl)cc12. The molecule has 2 aromatic heterocycles. The number of amides is 2. The van der Waals surface area contributed by atoms with E-state index in [0.717, 1.165) is 6.07 Å². The van der Waals surface area contributed by atoms with Gasteiger partial charge in [0.25, 0.3) is 11.8 Å². The summed E-state index contributed by atoms with van der Waals surface area (Å²) < 4.78 is 13.4. The topological polar surface area (TPSA) is 130 Å². The molecule has 0 unspecified atom stereocenters. The van der Waals surface area contributed by atoms with Crippen molar-refractivity contribution >= 4 is 50.9 Å². The maximum atomic E-state index is 13.4. The number of anilines is 1. The van der Waals surface area contributed by atoms with E-state index in [4.69, 9.17) is 17.3 Å². The molecule has 0 spiro atoms. The second-order valence-electron chi connectivity index (χ2n) is 6.38. The largest absolute Gasteiger partial charge is 0.397 e. The lowest BCUT2D eigenvalue weighted by Crippen LogP contribution is -2.43. The van der Waals surface area contributed by atoms with E-state index in [0.29, 0.717) is 21.4 Å². The lowest BCUT2D eigenvalue weighted by atomic mass is 10.1. The molecule has 0 fully saturated rings. The maximum Gasteiger partial charge on any atom is 0.275 e. The fourth-order valence-electron chi connectivity index (χ4n) is 2.97. The number of pyridine rings is 2. The Morgan fingerprint density at radius 3 is 2.53 bits per heavy atom. The maximum absolute atomic E-state index is 13.4. The lowest BCUT2D eigenvalue weighted by Gasteiger charge is -2.11. The Bertz CT molecular complexity index is 1400. The van der Waals surface area contributed by atoms with Crippen LogP contribution < -0.4 is 22.0 Å². The van der Waals surface area contributed by atoms with Crippen LogP contribution in [-0.4, -0.2) is 21.8 Å². The van der Waals surface area contributed by atoms with Crippen molar-refractivity contribution < 1.29 is 14.0 Å². The first-order valence-corrected chi connectivity index (χ1v) is 8.98. The highest BCUT2D eigenvalue weighted by Gasteiger charge is 2.17. The number of hydrogen-bond donors (Lipinski definition) is 4. The smallest absolute Gasteiger partial charge is 0.275 e. The number of aromatic nitrogens is 2. The summed E-state index contributed by atoms with van der Waals surface area (Å²) in [5.41, 5.74) is 10.5. The van der Waals surface area contributed by atoms with Gasteiger partial charge in [-0.15, -0.1) is 0 Å². The second kappa shape index (κ2) is 7.45. The quantitative estimate of drug-likeness (QED) is 0.367. The van der Waals surface area contributed by atoms with E-state index < -0.39 is 23.1 Å². The van der Waals surface area contributed by atoms with E-state index >= 15 is 0 Å². The fourth-order valence-corrected chi connectivity index (χ4v) is 3.15. The second-order valence-corrected chi connectivity index (χ2v) is 6.81. The molecule has 0 radical (unpaired) electrons. The normalized spacial score (nSPS) is 10.9. The number of carbonyl (C=O) groups is 2. The van der Waals surface area contributed by atoms with Crippen molar-refractivity contribution in [1.82, 2.24) is 20.8 Å².